The third-order valence-electron chi connectivity index (χ3n) is 2.48. The lowest BCUT2D eigenvalue weighted by Gasteiger charge is -1.99. The lowest BCUT2D eigenvalue weighted by Crippen LogP contribution is -1.81. The van der Waals surface area contributed by atoms with E-state index in [1.807, 2.05) is 48.5 Å². The fourth-order valence-corrected chi connectivity index (χ4v) is 1.64. The van der Waals surface area contributed by atoms with Gasteiger partial charge in [0.05, 0.1) is 7.11 Å². The summed E-state index contributed by atoms with van der Waals surface area (Å²) < 4.78 is 5.11. The fraction of sp³-hybridized carbons (Fsp3) is 0.0667. The van der Waals surface area contributed by atoms with Gasteiger partial charge < -0.3 is 4.74 Å². The molecule has 0 saturated heterocycles. The molecule has 0 saturated carbocycles. The summed E-state index contributed by atoms with van der Waals surface area (Å²) in [6.45, 7) is 0. The second-order valence-electron chi connectivity index (χ2n) is 3.70. The summed E-state index contributed by atoms with van der Waals surface area (Å²) in [6.07, 6.45) is 4.15. The van der Waals surface area contributed by atoms with E-state index >= 15 is 0 Å². The van der Waals surface area contributed by atoms with Gasteiger partial charge in [-0.25, -0.2) is 0 Å². The van der Waals surface area contributed by atoms with Crippen LogP contribution in [0.15, 0.2) is 53.4 Å². The van der Waals surface area contributed by atoms with E-state index in [9.17, 15) is 0 Å². The molecule has 0 bridgehead atoms. The van der Waals surface area contributed by atoms with E-state index in [0.29, 0.717) is 0 Å². The van der Waals surface area contributed by atoms with Crippen LogP contribution in [0.2, 0.25) is 0 Å². The quantitative estimate of drug-likeness (QED) is 0.628. The minimum atomic E-state index is 0.876. The van der Waals surface area contributed by atoms with Crippen molar-refractivity contribution in [2.45, 2.75) is 4.90 Å². The summed E-state index contributed by atoms with van der Waals surface area (Å²) in [5.74, 6) is 0.876. The summed E-state index contributed by atoms with van der Waals surface area (Å²) in [5.41, 5.74) is 2.32. The van der Waals surface area contributed by atoms with Crippen molar-refractivity contribution < 1.29 is 4.74 Å². The lowest BCUT2D eigenvalue weighted by atomic mass is 10.1. The van der Waals surface area contributed by atoms with Crippen LogP contribution >= 0.6 is 12.6 Å². The largest absolute Gasteiger partial charge is 0.497 e. The predicted molar refractivity (Wildman–Crippen MR) is 75.6 cm³/mol. The number of ether oxygens (including phenoxy) is 1. The molecule has 0 N–H and O–H groups in total. The Labute approximate surface area is 107 Å². The van der Waals surface area contributed by atoms with Crippen LogP contribution in [0, 0.1) is 0 Å². The molecule has 0 aliphatic carbocycles. The minimum Gasteiger partial charge on any atom is -0.497 e. The van der Waals surface area contributed by atoms with Crippen molar-refractivity contribution in [3.63, 3.8) is 0 Å². The molecule has 0 spiro atoms. The first-order chi connectivity index (χ1) is 8.28. The van der Waals surface area contributed by atoms with E-state index in [2.05, 4.69) is 24.8 Å². The standard InChI is InChI=1S/C15H14OS/c1-16-14-8-4-12(5-9-14)2-3-13-6-10-15(17)11-7-13/h2-11,17H,1H3/b3-2+. The normalized spacial score (nSPS) is 10.7. The van der Waals surface area contributed by atoms with Gasteiger partial charge in [0, 0.05) is 4.90 Å². The summed E-state index contributed by atoms with van der Waals surface area (Å²) in [4.78, 5) is 0.978. The van der Waals surface area contributed by atoms with Gasteiger partial charge in [0.1, 0.15) is 5.75 Å². The van der Waals surface area contributed by atoms with Gasteiger partial charge in [0.2, 0.25) is 0 Å². The van der Waals surface area contributed by atoms with Crippen LogP contribution in [0.1, 0.15) is 11.1 Å². The monoisotopic (exact) mass is 242 g/mol. The highest BCUT2D eigenvalue weighted by atomic mass is 32.1. The summed E-state index contributed by atoms with van der Waals surface area (Å²) >= 11 is 4.25. The zero-order valence-corrected chi connectivity index (χ0v) is 10.5. The average Bonchev–Trinajstić information content (AvgIpc) is 2.39. The highest BCUT2D eigenvalue weighted by Gasteiger charge is 1.91. The Kier molecular flexibility index (Phi) is 3.89. The molecule has 1 nitrogen and oxygen atoms in total. The Bertz CT molecular complexity index is 497. The van der Waals surface area contributed by atoms with E-state index in [1.165, 1.54) is 5.56 Å². The van der Waals surface area contributed by atoms with Gasteiger partial charge in [0.25, 0.3) is 0 Å². The first kappa shape index (κ1) is 11.8. The average molecular weight is 242 g/mol. The van der Waals surface area contributed by atoms with Gasteiger partial charge in [-0.15, -0.1) is 12.6 Å². The van der Waals surface area contributed by atoms with Gasteiger partial charge in [-0.05, 0) is 35.4 Å². The number of hydrogen-bond donors (Lipinski definition) is 1. The van der Waals surface area contributed by atoms with Crippen molar-refractivity contribution in [1.82, 2.24) is 0 Å². The Hall–Kier alpha value is -1.67. The molecule has 0 unspecified atom stereocenters. The Morgan fingerprint density at radius 1 is 0.824 bits per heavy atom. The lowest BCUT2D eigenvalue weighted by molar-refractivity contribution is 0.415. The van der Waals surface area contributed by atoms with Crippen molar-refractivity contribution in [3.8, 4) is 5.75 Å². The summed E-state index contributed by atoms with van der Waals surface area (Å²) in [7, 11) is 1.67. The van der Waals surface area contributed by atoms with E-state index < -0.39 is 0 Å². The van der Waals surface area contributed by atoms with E-state index in [0.717, 1.165) is 16.2 Å². The van der Waals surface area contributed by atoms with Crippen LogP contribution in [0.25, 0.3) is 12.2 Å². The van der Waals surface area contributed by atoms with E-state index in [-0.39, 0.29) is 0 Å². The molecule has 2 aromatic rings. The van der Waals surface area contributed by atoms with Crippen LogP contribution in [0.5, 0.6) is 5.75 Å². The molecular formula is C15H14OS. The van der Waals surface area contributed by atoms with Gasteiger partial charge >= 0.3 is 0 Å². The molecular weight excluding hydrogens is 228 g/mol. The Morgan fingerprint density at radius 2 is 1.29 bits per heavy atom. The molecule has 86 valence electrons. The summed E-state index contributed by atoms with van der Waals surface area (Å²) in [6, 6.07) is 16.0. The highest BCUT2D eigenvalue weighted by molar-refractivity contribution is 7.80. The van der Waals surface area contributed by atoms with Gasteiger partial charge in [-0.3, -0.25) is 0 Å². The molecule has 0 atom stereocenters. The topological polar surface area (TPSA) is 9.23 Å². The molecule has 0 aliphatic rings. The number of methoxy groups -OCH3 is 1. The molecule has 0 heterocycles. The third-order valence-corrected chi connectivity index (χ3v) is 2.78. The molecule has 0 fully saturated rings. The number of benzene rings is 2. The molecule has 0 amide bonds. The first-order valence-corrected chi connectivity index (χ1v) is 5.84. The van der Waals surface area contributed by atoms with Crippen LogP contribution in [0.3, 0.4) is 0 Å². The van der Waals surface area contributed by atoms with E-state index in [1.54, 1.807) is 7.11 Å². The number of rotatable bonds is 3. The maximum atomic E-state index is 5.11. The van der Waals surface area contributed by atoms with Crippen LogP contribution in [0.4, 0.5) is 0 Å². The molecule has 0 aliphatic heterocycles. The minimum absolute atomic E-state index is 0.876. The second-order valence-corrected chi connectivity index (χ2v) is 4.21. The molecule has 2 heteroatoms. The Balaban J connectivity index is 2.11. The smallest absolute Gasteiger partial charge is 0.118 e. The van der Waals surface area contributed by atoms with Gasteiger partial charge in [-0.1, -0.05) is 36.4 Å². The third kappa shape index (κ3) is 3.40. The van der Waals surface area contributed by atoms with Crippen LogP contribution in [-0.4, -0.2) is 7.11 Å². The SMILES string of the molecule is COc1ccc(/C=C/c2ccc(S)cc2)cc1. The van der Waals surface area contributed by atoms with Crippen molar-refractivity contribution in [3.05, 3.63) is 59.7 Å². The van der Waals surface area contributed by atoms with Gasteiger partial charge in [-0.2, -0.15) is 0 Å². The van der Waals surface area contributed by atoms with Crippen molar-refractivity contribution in [2.75, 3.05) is 7.11 Å². The summed E-state index contributed by atoms with van der Waals surface area (Å²) in [5, 5.41) is 0. The molecule has 0 aromatic heterocycles. The second kappa shape index (κ2) is 5.60. The fourth-order valence-electron chi connectivity index (χ4n) is 1.49. The molecule has 0 radical (unpaired) electrons. The first-order valence-electron chi connectivity index (χ1n) is 5.39. The maximum Gasteiger partial charge on any atom is 0.118 e. The van der Waals surface area contributed by atoms with Crippen molar-refractivity contribution >= 4 is 24.8 Å². The van der Waals surface area contributed by atoms with Gasteiger partial charge in [0.15, 0.2) is 0 Å². The molecule has 17 heavy (non-hydrogen) atoms. The Morgan fingerprint density at radius 3 is 1.76 bits per heavy atom. The van der Waals surface area contributed by atoms with Crippen LogP contribution < -0.4 is 4.74 Å². The maximum absolute atomic E-state index is 5.11. The zero-order valence-electron chi connectivity index (χ0n) is 9.63. The molecule has 2 aromatic carbocycles. The van der Waals surface area contributed by atoms with Crippen molar-refractivity contribution in [1.29, 1.82) is 0 Å². The zero-order chi connectivity index (χ0) is 12.1. The highest BCUT2D eigenvalue weighted by Crippen LogP contribution is 2.14. The molecule has 2 rings (SSSR count). The predicted octanol–water partition coefficient (Wildman–Crippen LogP) is 4.15. The van der Waals surface area contributed by atoms with Crippen molar-refractivity contribution in [2.24, 2.45) is 0 Å². The van der Waals surface area contributed by atoms with Crippen LogP contribution in [-0.2, 0) is 0 Å². The number of hydrogen-bond acceptors (Lipinski definition) is 2. The van der Waals surface area contributed by atoms with E-state index in [4.69, 9.17) is 4.74 Å². The number of thiol groups is 1.